The highest BCUT2D eigenvalue weighted by Gasteiger charge is 2.28. The zero-order valence-electron chi connectivity index (χ0n) is 11.6. The fourth-order valence-electron chi connectivity index (χ4n) is 3.49. The second kappa shape index (κ2) is 5.43. The van der Waals surface area contributed by atoms with Gasteiger partial charge in [0.15, 0.2) is 5.82 Å². The van der Waals surface area contributed by atoms with E-state index in [-0.39, 0.29) is 11.7 Å². The molecule has 0 aromatic carbocycles. The zero-order valence-corrected chi connectivity index (χ0v) is 11.6. The Kier molecular flexibility index (Phi) is 3.67. The number of rotatable bonds is 4. The van der Waals surface area contributed by atoms with Gasteiger partial charge in [-0.3, -0.25) is 4.79 Å². The number of Topliss-reactive ketones (excluding diaryl/α,β-unsaturated/α-hetero) is 1. The van der Waals surface area contributed by atoms with Crippen LogP contribution in [0.15, 0.2) is 4.52 Å². The highest BCUT2D eigenvalue weighted by atomic mass is 16.5. The Labute approximate surface area is 114 Å². The van der Waals surface area contributed by atoms with Crippen LogP contribution in [0.4, 0.5) is 0 Å². The second-order valence-corrected chi connectivity index (χ2v) is 6.29. The quantitative estimate of drug-likeness (QED) is 0.835. The van der Waals surface area contributed by atoms with Crippen LogP contribution in [-0.2, 0) is 11.2 Å². The van der Waals surface area contributed by atoms with Crippen molar-refractivity contribution in [2.75, 3.05) is 0 Å². The van der Waals surface area contributed by atoms with Crippen LogP contribution in [0.25, 0.3) is 0 Å². The van der Waals surface area contributed by atoms with Gasteiger partial charge < -0.3 is 4.52 Å². The van der Waals surface area contributed by atoms with E-state index in [4.69, 9.17) is 4.52 Å². The minimum absolute atomic E-state index is 0.238. The van der Waals surface area contributed by atoms with Gasteiger partial charge in [-0.1, -0.05) is 24.9 Å². The fourth-order valence-corrected chi connectivity index (χ4v) is 3.49. The Bertz CT molecular complexity index is 449. The molecule has 0 radical (unpaired) electrons. The molecule has 0 aliphatic heterocycles. The van der Waals surface area contributed by atoms with Crippen molar-refractivity contribution in [3.8, 4) is 0 Å². The van der Waals surface area contributed by atoms with Crippen LogP contribution in [0.3, 0.4) is 0 Å². The number of carbonyl (C=O) groups excluding carboxylic acids is 1. The topological polar surface area (TPSA) is 56.0 Å². The summed E-state index contributed by atoms with van der Waals surface area (Å²) in [6.45, 7) is 2.27. The Hall–Kier alpha value is -1.19. The first-order chi connectivity index (χ1) is 9.22. The molecule has 4 nitrogen and oxygen atoms in total. The molecular formula is C15H22N2O2. The zero-order chi connectivity index (χ0) is 13.2. The van der Waals surface area contributed by atoms with Gasteiger partial charge >= 0.3 is 0 Å². The Balaban J connectivity index is 1.60. The molecule has 19 heavy (non-hydrogen) atoms. The van der Waals surface area contributed by atoms with E-state index in [0.717, 1.165) is 37.4 Å². The van der Waals surface area contributed by atoms with E-state index in [1.165, 1.54) is 19.3 Å². The molecule has 0 saturated heterocycles. The predicted octanol–water partition coefficient (Wildman–Crippen LogP) is 3.28. The number of nitrogens with zero attached hydrogens (tertiary/aromatic N) is 2. The van der Waals surface area contributed by atoms with Gasteiger partial charge in [-0.25, -0.2) is 0 Å². The lowest BCUT2D eigenvalue weighted by molar-refractivity contribution is -0.122. The molecule has 0 amide bonds. The van der Waals surface area contributed by atoms with E-state index in [9.17, 15) is 4.79 Å². The van der Waals surface area contributed by atoms with Crippen LogP contribution in [0, 0.1) is 11.8 Å². The molecule has 2 aliphatic carbocycles. The smallest absolute Gasteiger partial charge is 0.234 e. The minimum atomic E-state index is 0.238. The first-order valence-corrected chi connectivity index (χ1v) is 7.57. The summed E-state index contributed by atoms with van der Waals surface area (Å²) >= 11 is 0. The van der Waals surface area contributed by atoms with Gasteiger partial charge in [0.05, 0.1) is 6.42 Å². The molecule has 2 atom stereocenters. The summed E-state index contributed by atoms with van der Waals surface area (Å²) < 4.78 is 5.26. The van der Waals surface area contributed by atoms with Crippen molar-refractivity contribution in [2.45, 2.75) is 64.2 Å². The summed E-state index contributed by atoms with van der Waals surface area (Å²) in [5.41, 5.74) is 0. The van der Waals surface area contributed by atoms with Crippen LogP contribution in [0.2, 0.25) is 0 Å². The van der Waals surface area contributed by atoms with Gasteiger partial charge in [0, 0.05) is 11.8 Å². The lowest BCUT2D eigenvalue weighted by atomic mass is 10.0. The summed E-state index contributed by atoms with van der Waals surface area (Å²) in [4.78, 5) is 16.5. The summed E-state index contributed by atoms with van der Waals surface area (Å²) in [7, 11) is 0. The lowest BCUT2D eigenvalue weighted by Gasteiger charge is -2.04. The molecule has 1 heterocycles. The molecule has 3 rings (SSSR count). The molecular weight excluding hydrogens is 240 g/mol. The fraction of sp³-hybridized carbons (Fsp3) is 0.800. The summed E-state index contributed by atoms with van der Waals surface area (Å²) in [5, 5.41) is 4.07. The third-order valence-electron chi connectivity index (χ3n) is 4.68. The monoisotopic (exact) mass is 262 g/mol. The van der Waals surface area contributed by atoms with Gasteiger partial charge in [-0.05, 0) is 38.0 Å². The normalized spacial score (nSPS) is 28.1. The van der Waals surface area contributed by atoms with Crippen LogP contribution < -0.4 is 0 Å². The van der Waals surface area contributed by atoms with Gasteiger partial charge in [0.1, 0.15) is 5.78 Å². The van der Waals surface area contributed by atoms with Crippen molar-refractivity contribution in [1.82, 2.24) is 10.1 Å². The molecule has 104 valence electrons. The molecule has 0 bridgehead atoms. The van der Waals surface area contributed by atoms with E-state index in [1.54, 1.807) is 0 Å². The number of carbonyl (C=O) groups is 1. The third-order valence-corrected chi connectivity index (χ3v) is 4.68. The van der Waals surface area contributed by atoms with Crippen LogP contribution in [0.1, 0.15) is 69.5 Å². The lowest BCUT2D eigenvalue weighted by Crippen LogP contribution is -2.13. The minimum Gasteiger partial charge on any atom is -0.339 e. The van der Waals surface area contributed by atoms with Gasteiger partial charge in [0.25, 0.3) is 0 Å². The van der Waals surface area contributed by atoms with Crippen LogP contribution >= 0.6 is 0 Å². The number of aromatic nitrogens is 2. The standard InChI is InChI=1S/C15H22N2O2/c1-10-6-7-12(8-10)15-16-14(19-17-15)9-13(18)11-4-2-3-5-11/h10-12H,2-9H2,1H3. The highest BCUT2D eigenvalue weighted by Crippen LogP contribution is 2.36. The van der Waals surface area contributed by atoms with E-state index in [1.807, 2.05) is 0 Å². The molecule has 1 aromatic heterocycles. The average Bonchev–Trinajstić information content (AvgIpc) is 3.07. The van der Waals surface area contributed by atoms with Crippen LogP contribution in [0.5, 0.6) is 0 Å². The number of hydrogen-bond acceptors (Lipinski definition) is 4. The van der Waals surface area contributed by atoms with Crippen molar-refractivity contribution >= 4 is 5.78 Å². The summed E-state index contributed by atoms with van der Waals surface area (Å²) in [5.74, 6) is 3.06. The number of hydrogen-bond donors (Lipinski definition) is 0. The average molecular weight is 262 g/mol. The van der Waals surface area contributed by atoms with Crippen molar-refractivity contribution in [1.29, 1.82) is 0 Å². The molecule has 1 aromatic rings. The molecule has 2 saturated carbocycles. The molecule has 2 fully saturated rings. The van der Waals surface area contributed by atoms with Crippen LogP contribution in [-0.4, -0.2) is 15.9 Å². The van der Waals surface area contributed by atoms with Gasteiger partial charge in [-0.2, -0.15) is 4.98 Å². The Morgan fingerprint density at radius 2 is 2.05 bits per heavy atom. The van der Waals surface area contributed by atoms with Crippen molar-refractivity contribution in [2.24, 2.45) is 11.8 Å². The second-order valence-electron chi connectivity index (χ2n) is 6.29. The molecule has 0 spiro atoms. The maximum absolute atomic E-state index is 12.1. The predicted molar refractivity (Wildman–Crippen MR) is 70.7 cm³/mol. The van der Waals surface area contributed by atoms with Gasteiger partial charge in [-0.15, -0.1) is 0 Å². The van der Waals surface area contributed by atoms with E-state index in [2.05, 4.69) is 17.1 Å². The largest absolute Gasteiger partial charge is 0.339 e. The molecule has 0 N–H and O–H groups in total. The third kappa shape index (κ3) is 2.88. The number of ketones is 1. The van der Waals surface area contributed by atoms with E-state index >= 15 is 0 Å². The van der Waals surface area contributed by atoms with Gasteiger partial charge in [0.2, 0.25) is 5.89 Å². The molecule has 2 unspecified atom stereocenters. The first kappa shape index (κ1) is 12.8. The Morgan fingerprint density at radius 3 is 2.74 bits per heavy atom. The first-order valence-electron chi connectivity index (χ1n) is 7.57. The highest BCUT2D eigenvalue weighted by molar-refractivity contribution is 5.82. The van der Waals surface area contributed by atoms with E-state index in [0.29, 0.717) is 18.2 Å². The van der Waals surface area contributed by atoms with Crippen molar-refractivity contribution in [3.05, 3.63) is 11.7 Å². The maximum atomic E-state index is 12.1. The van der Waals surface area contributed by atoms with Crippen molar-refractivity contribution in [3.63, 3.8) is 0 Å². The molecule has 2 aliphatic rings. The summed E-state index contributed by atoms with van der Waals surface area (Å²) in [6, 6.07) is 0. The van der Waals surface area contributed by atoms with E-state index < -0.39 is 0 Å². The molecule has 4 heteroatoms. The maximum Gasteiger partial charge on any atom is 0.234 e. The van der Waals surface area contributed by atoms with Crippen molar-refractivity contribution < 1.29 is 9.32 Å². The SMILES string of the molecule is CC1CCC(c2noc(CC(=O)C3CCCC3)n2)C1. The summed E-state index contributed by atoms with van der Waals surface area (Å²) in [6.07, 6.45) is 8.33. The Morgan fingerprint density at radius 1 is 1.26 bits per heavy atom.